The summed E-state index contributed by atoms with van der Waals surface area (Å²) < 4.78 is 168. The van der Waals surface area contributed by atoms with Crippen molar-refractivity contribution in [1.82, 2.24) is 0 Å². The smallest absolute Gasteiger partial charge is 0.748 e. The fraction of sp³-hybridized carbons (Fsp3) is 0.600. The monoisotopic (exact) mass is 1280 g/mol. The van der Waals surface area contributed by atoms with E-state index in [-0.39, 0.29) is 222 Å². The van der Waals surface area contributed by atoms with Gasteiger partial charge in [-0.15, -0.1) is 0 Å². The summed E-state index contributed by atoms with van der Waals surface area (Å²) in [5.74, 6) is -0.0407. The minimum atomic E-state index is -4.48. The average Bonchev–Trinajstić information content (AvgIpc) is 3.27. The van der Waals surface area contributed by atoms with Gasteiger partial charge in [0.2, 0.25) is 0 Å². The molecule has 8 bridgehead atoms. The summed E-state index contributed by atoms with van der Waals surface area (Å²) in [6.07, 6.45) is 2.33. The fourth-order valence-corrected chi connectivity index (χ4v) is 11.8. The third-order valence-corrected chi connectivity index (χ3v) is 17.3. The van der Waals surface area contributed by atoms with Crippen molar-refractivity contribution >= 4 is 40.5 Å². The second-order valence-electron chi connectivity index (χ2n) is 25.5. The molecular formula is C60H84Na4O16S4. The van der Waals surface area contributed by atoms with E-state index in [1.54, 1.807) is 0 Å². The number of hydrogen-bond acceptors (Lipinski definition) is 16. The molecule has 0 heterocycles. The number of benzene rings is 4. The Morgan fingerprint density at radius 3 is 0.560 bits per heavy atom. The Hall–Kier alpha value is -0.280. The van der Waals surface area contributed by atoms with Crippen molar-refractivity contribution < 1.29 is 189 Å². The van der Waals surface area contributed by atoms with Crippen molar-refractivity contribution in [1.29, 1.82) is 0 Å². The standard InChI is InChI=1S/C60H88O16S4.4Na/c1-57(2,3)49-33-41-29-43-35-50(58(4,5)6)37-45(54(43)74-22-14-18-26-78(64,65)66)31-47-39-52(60(10,11)12)40-48(56(47)76-24-16-20-28-80(70,71)72)32-46-38-51(59(7,8)9)36-44(55(46)75-23-15-19-27-79(67,68)69)30-42(34-49)53(41)73-21-13-17-25-77(61,62)63;;;;/h33-40H,13-32H2,1-12H3,(H,61,62,63)(H,64,65,66)(H,67,68,69)(H,70,71,72);;;;/q;4*+1/p-4. The summed E-state index contributed by atoms with van der Waals surface area (Å²) in [7, 11) is -17.9. The molecule has 0 aliphatic heterocycles. The van der Waals surface area contributed by atoms with Crippen LogP contribution in [-0.2, 0) is 87.8 Å². The van der Waals surface area contributed by atoms with Crippen molar-refractivity contribution in [3.8, 4) is 23.0 Å². The topological polar surface area (TPSA) is 266 Å². The van der Waals surface area contributed by atoms with Crippen LogP contribution in [0.1, 0.15) is 201 Å². The van der Waals surface area contributed by atoms with Gasteiger partial charge in [0.15, 0.2) is 0 Å². The molecule has 16 nitrogen and oxygen atoms in total. The first-order chi connectivity index (χ1) is 36.7. The molecule has 0 unspecified atom stereocenters. The van der Waals surface area contributed by atoms with E-state index in [9.17, 15) is 51.9 Å². The summed E-state index contributed by atoms with van der Waals surface area (Å²) in [5.41, 5.74) is 8.56. The van der Waals surface area contributed by atoms with Crippen molar-refractivity contribution in [2.24, 2.45) is 0 Å². The summed E-state index contributed by atoms with van der Waals surface area (Å²) in [6, 6.07) is 16.9. The molecule has 0 saturated carbocycles. The summed E-state index contributed by atoms with van der Waals surface area (Å²) in [6.45, 7) is 25.6. The van der Waals surface area contributed by atoms with Crippen LogP contribution in [-0.4, -0.2) is 101 Å². The number of ether oxygens (including phenoxy) is 4. The zero-order valence-electron chi connectivity index (χ0n) is 52.9. The second kappa shape index (κ2) is 33.9. The average molecular weight is 1280 g/mol. The van der Waals surface area contributed by atoms with Crippen LogP contribution in [0.4, 0.5) is 0 Å². The van der Waals surface area contributed by atoms with Crippen LogP contribution in [0.3, 0.4) is 0 Å². The van der Waals surface area contributed by atoms with Gasteiger partial charge in [0.1, 0.15) is 23.0 Å². The van der Waals surface area contributed by atoms with Gasteiger partial charge >= 0.3 is 118 Å². The molecule has 1 aliphatic carbocycles. The van der Waals surface area contributed by atoms with E-state index in [1.165, 1.54) is 0 Å². The molecule has 24 heteroatoms. The molecule has 0 fully saturated rings. The van der Waals surface area contributed by atoms with Crippen LogP contribution in [0.25, 0.3) is 0 Å². The van der Waals surface area contributed by atoms with E-state index in [1.807, 2.05) is 0 Å². The maximum atomic E-state index is 11.7. The summed E-state index contributed by atoms with van der Waals surface area (Å²) in [4.78, 5) is 0. The van der Waals surface area contributed by atoms with Crippen molar-refractivity contribution in [3.63, 3.8) is 0 Å². The molecule has 1 aliphatic rings. The molecule has 0 saturated heterocycles. The van der Waals surface area contributed by atoms with Gasteiger partial charge in [-0.2, -0.15) is 0 Å². The molecule has 0 aromatic heterocycles. The van der Waals surface area contributed by atoms with E-state index in [0.717, 1.165) is 66.8 Å². The van der Waals surface area contributed by atoms with E-state index < -0.39 is 85.1 Å². The Morgan fingerprint density at radius 2 is 0.440 bits per heavy atom. The molecule has 0 amide bonds. The molecule has 4 aromatic carbocycles. The maximum absolute atomic E-state index is 11.7. The normalized spacial score (nSPS) is 13.3. The fourth-order valence-electron chi connectivity index (χ4n) is 9.58. The molecule has 448 valence electrons. The Labute approximate surface area is 591 Å². The first kappa shape index (κ1) is 81.7. The zero-order chi connectivity index (χ0) is 59.9. The Kier molecular flexibility index (Phi) is 33.0. The van der Waals surface area contributed by atoms with E-state index >= 15 is 0 Å². The molecule has 84 heavy (non-hydrogen) atoms. The molecule has 0 radical (unpaired) electrons. The number of hydrogen-bond donors (Lipinski definition) is 0. The quantitative estimate of drug-likeness (QED) is 0.0382. The van der Waals surface area contributed by atoms with Crippen molar-refractivity contribution in [2.75, 3.05) is 49.4 Å². The summed E-state index contributed by atoms with van der Waals surface area (Å²) >= 11 is 0. The Balaban J connectivity index is 0.00000882. The van der Waals surface area contributed by atoms with Gasteiger partial charge in [0.05, 0.1) is 66.9 Å². The molecule has 0 atom stereocenters. The molecular weight excluding hydrogens is 1200 g/mol. The van der Waals surface area contributed by atoms with Gasteiger partial charge < -0.3 is 37.2 Å². The second-order valence-corrected chi connectivity index (χ2v) is 31.6. The minimum absolute atomic E-state index is 0. The van der Waals surface area contributed by atoms with Crippen molar-refractivity contribution in [2.45, 2.75) is 182 Å². The largest absolute Gasteiger partial charge is 1.00 e. The van der Waals surface area contributed by atoms with E-state index in [0.29, 0.717) is 23.0 Å². The van der Waals surface area contributed by atoms with Crippen LogP contribution in [0, 0.1) is 0 Å². The van der Waals surface area contributed by atoms with Gasteiger partial charge in [-0.3, -0.25) is 0 Å². The molecule has 4 aromatic rings. The summed E-state index contributed by atoms with van der Waals surface area (Å²) in [5, 5.41) is 0. The van der Waals surface area contributed by atoms with Crippen LogP contribution in [0.15, 0.2) is 48.5 Å². The number of fused-ring (bicyclic) bond motifs is 8. The number of unbranched alkanes of at least 4 members (excludes halogenated alkanes) is 4. The molecule has 0 N–H and O–H groups in total. The van der Waals surface area contributed by atoms with E-state index in [4.69, 9.17) is 18.9 Å². The minimum Gasteiger partial charge on any atom is -0.748 e. The van der Waals surface area contributed by atoms with Gasteiger partial charge in [-0.1, -0.05) is 132 Å². The molecule has 0 spiro atoms. The number of rotatable bonds is 24. The Morgan fingerprint density at radius 1 is 0.298 bits per heavy atom. The van der Waals surface area contributed by atoms with Crippen LogP contribution < -0.4 is 137 Å². The van der Waals surface area contributed by atoms with Crippen LogP contribution >= 0.6 is 0 Å². The van der Waals surface area contributed by atoms with Crippen molar-refractivity contribution in [3.05, 3.63) is 115 Å². The van der Waals surface area contributed by atoms with Gasteiger partial charge in [-0.25, -0.2) is 33.7 Å². The first-order valence-corrected chi connectivity index (χ1v) is 33.9. The van der Waals surface area contributed by atoms with Gasteiger partial charge in [-0.05, 0) is 140 Å². The Bertz CT molecular complexity index is 2760. The van der Waals surface area contributed by atoms with E-state index in [2.05, 4.69) is 132 Å². The third-order valence-electron chi connectivity index (χ3n) is 14.1. The predicted molar refractivity (Wildman–Crippen MR) is 309 cm³/mol. The zero-order valence-corrected chi connectivity index (χ0v) is 64.2. The third kappa shape index (κ3) is 27.3. The van der Waals surface area contributed by atoms with Gasteiger partial charge in [0, 0.05) is 48.7 Å². The van der Waals surface area contributed by atoms with Crippen LogP contribution in [0.5, 0.6) is 23.0 Å². The predicted octanol–water partition coefficient (Wildman–Crippen LogP) is -1.61. The van der Waals surface area contributed by atoms with Gasteiger partial charge in [0.25, 0.3) is 0 Å². The SMILES string of the molecule is CC(C)(C)c1cc2c(OCCCCS(=O)(=O)[O-])c(c1)Cc1cc(C(C)(C)C)cc(c1OCCCCS(=O)(=O)[O-])Cc1cc(C(C)(C)C)cc(c1OCCCCS(=O)(=O)[O-])Cc1cc(C(C)(C)C)cc(c1OCCCCS(=O)(=O)[O-])C2.[Na+].[Na+].[Na+].[Na+]. The first-order valence-electron chi connectivity index (χ1n) is 27.6. The van der Waals surface area contributed by atoms with Crippen LogP contribution in [0.2, 0.25) is 0 Å². The molecule has 5 rings (SSSR count). The maximum Gasteiger partial charge on any atom is 1.00 e.